The Hall–Kier alpha value is -2.01. The number of anilines is 2. The predicted octanol–water partition coefficient (Wildman–Crippen LogP) is 2.00. The Morgan fingerprint density at radius 1 is 1.28 bits per heavy atom. The zero-order chi connectivity index (χ0) is 12.4. The topological polar surface area (TPSA) is 49.8 Å². The van der Waals surface area contributed by atoms with Crippen molar-refractivity contribution < 1.29 is 4.39 Å². The number of halogens is 1. The first-order valence-electron chi connectivity index (χ1n) is 5.90. The van der Waals surface area contributed by atoms with Gasteiger partial charge < -0.3 is 10.6 Å². The number of rotatable bonds is 2. The molecule has 0 spiro atoms. The Bertz CT molecular complexity index is 571. The van der Waals surface area contributed by atoms with Crippen molar-refractivity contribution in [2.45, 2.75) is 13.0 Å². The molecule has 3 rings (SSSR count). The minimum Gasteiger partial charge on any atom is -0.322 e. The number of nitrogens with zero attached hydrogens (tertiary/aromatic N) is 2. The molecule has 4 nitrogen and oxygen atoms in total. The maximum atomic E-state index is 13.5. The van der Waals surface area contributed by atoms with Gasteiger partial charge in [-0.1, -0.05) is 12.1 Å². The van der Waals surface area contributed by atoms with Crippen LogP contribution in [0.2, 0.25) is 0 Å². The molecule has 0 amide bonds. The molecule has 0 fully saturated rings. The largest absolute Gasteiger partial charge is 0.322 e. The third kappa shape index (κ3) is 2.17. The lowest BCUT2D eigenvalue weighted by atomic mass is 10.1. The van der Waals surface area contributed by atoms with Crippen LogP contribution in [0.15, 0.2) is 30.5 Å². The summed E-state index contributed by atoms with van der Waals surface area (Å²) in [5.74, 6) is 0.125. The lowest BCUT2D eigenvalue weighted by molar-refractivity contribution is 0.622. The lowest BCUT2D eigenvalue weighted by Gasteiger charge is -2.16. The Kier molecular flexibility index (Phi) is 2.90. The van der Waals surface area contributed by atoms with E-state index < -0.39 is 0 Å². The van der Waals surface area contributed by atoms with E-state index in [0.29, 0.717) is 11.6 Å². The van der Waals surface area contributed by atoms with Gasteiger partial charge in [-0.2, -0.15) is 0 Å². The fourth-order valence-electron chi connectivity index (χ4n) is 1.98. The molecule has 18 heavy (non-hydrogen) atoms. The number of hydrogen-bond acceptors (Lipinski definition) is 4. The van der Waals surface area contributed by atoms with Crippen molar-refractivity contribution in [3.05, 3.63) is 47.5 Å². The van der Waals surface area contributed by atoms with Crippen molar-refractivity contribution in [2.24, 2.45) is 0 Å². The molecule has 5 heteroatoms. The third-order valence-corrected chi connectivity index (χ3v) is 2.94. The van der Waals surface area contributed by atoms with Crippen LogP contribution in [0.3, 0.4) is 0 Å². The summed E-state index contributed by atoms with van der Waals surface area (Å²) in [4.78, 5) is 8.61. The molecule has 0 saturated carbocycles. The molecule has 2 aromatic rings. The van der Waals surface area contributed by atoms with Crippen molar-refractivity contribution in [1.82, 2.24) is 15.3 Å². The summed E-state index contributed by atoms with van der Waals surface area (Å²) < 4.78 is 13.5. The van der Waals surface area contributed by atoms with Crippen LogP contribution in [0.1, 0.15) is 11.3 Å². The van der Waals surface area contributed by atoms with Gasteiger partial charge in [0.15, 0.2) is 0 Å². The van der Waals surface area contributed by atoms with Crippen LogP contribution in [0.4, 0.5) is 16.0 Å². The minimum absolute atomic E-state index is 0.308. The first-order valence-corrected chi connectivity index (χ1v) is 5.90. The van der Waals surface area contributed by atoms with Gasteiger partial charge in [-0.3, -0.25) is 0 Å². The van der Waals surface area contributed by atoms with Crippen LogP contribution in [0.5, 0.6) is 0 Å². The second kappa shape index (κ2) is 4.70. The highest BCUT2D eigenvalue weighted by atomic mass is 19.1. The maximum Gasteiger partial charge on any atom is 0.227 e. The van der Waals surface area contributed by atoms with Gasteiger partial charge in [0.05, 0.1) is 11.4 Å². The summed E-state index contributed by atoms with van der Waals surface area (Å²) in [7, 11) is 0. The number of benzene rings is 1. The average Bonchev–Trinajstić information content (AvgIpc) is 2.41. The van der Waals surface area contributed by atoms with Gasteiger partial charge in [-0.15, -0.1) is 0 Å². The van der Waals surface area contributed by atoms with E-state index in [2.05, 4.69) is 20.6 Å². The Morgan fingerprint density at radius 2 is 2.17 bits per heavy atom. The van der Waals surface area contributed by atoms with Crippen LogP contribution >= 0.6 is 0 Å². The minimum atomic E-state index is -0.308. The molecule has 0 saturated heterocycles. The fraction of sp³-hybridized carbons (Fsp3) is 0.231. The van der Waals surface area contributed by atoms with Gasteiger partial charge in [-0.05, 0) is 30.7 Å². The molecule has 1 aliphatic rings. The Labute approximate surface area is 104 Å². The van der Waals surface area contributed by atoms with Gasteiger partial charge in [-0.25, -0.2) is 14.4 Å². The number of nitrogens with one attached hydrogen (secondary N) is 2. The normalized spacial score (nSPS) is 14.1. The zero-order valence-corrected chi connectivity index (χ0v) is 9.78. The number of aromatic nitrogens is 2. The Morgan fingerprint density at radius 3 is 3.06 bits per heavy atom. The molecule has 0 unspecified atom stereocenters. The summed E-state index contributed by atoms with van der Waals surface area (Å²) in [6.45, 7) is 1.69. The fourth-order valence-corrected chi connectivity index (χ4v) is 1.98. The van der Waals surface area contributed by atoms with E-state index in [-0.39, 0.29) is 5.82 Å². The van der Waals surface area contributed by atoms with Crippen molar-refractivity contribution in [1.29, 1.82) is 0 Å². The molecular formula is C13H13FN4. The quantitative estimate of drug-likeness (QED) is 0.848. The second-order valence-corrected chi connectivity index (χ2v) is 4.20. The number of hydrogen-bond donors (Lipinski definition) is 2. The highest BCUT2D eigenvalue weighted by Gasteiger charge is 2.12. The van der Waals surface area contributed by atoms with Crippen molar-refractivity contribution in [3.8, 4) is 0 Å². The summed E-state index contributed by atoms with van der Waals surface area (Å²) in [5.41, 5.74) is 2.53. The van der Waals surface area contributed by atoms with Gasteiger partial charge in [0, 0.05) is 12.7 Å². The summed E-state index contributed by atoms with van der Waals surface area (Å²) in [6.07, 6.45) is 2.75. The van der Waals surface area contributed by atoms with Crippen LogP contribution in [-0.2, 0) is 13.0 Å². The molecule has 0 atom stereocenters. The molecule has 0 bridgehead atoms. The number of para-hydroxylation sites is 1. The summed E-state index contributed by atoms with van der Waals surface area (Å²) >= 11 is 0. The standard InChI is InChI=1S/C13H13FN4/c14-10-3-1-2-4-11(10)17-13-16-7-9-5-6-15-8-12(9)18-13/h1-4,7,15H,5-6,8H2,(H,16,17,18). The highest BCUT2D eigenvalue weighted by molar-refractivity contribution is 5.54. The van der Waals surface area contributed by atoms with E-state index in [4.69, 9.17) is 0 Å². The molecule has 0 aliphatic carbocycles. The lowest BCUT2D eigenvalue weighted by Crippen LogP contribution is -2.25. The molecule has 2 N–H and O–H groups in total. The van der Waals surface area contributed by atoms with Gasteiger partial charge in [0.1, 0.15) is 5.82 Å². The summed E-state index contributed by atoms with van der Waals surface area (Å²) in [6, 6.07) is 6.49. The second-order valence-electron chi connectivity index (χ2n) is 4.20. The van der Waals surface area contributed by atoms with E-state index in [9.17, 15) is 4.39 Å². The molecule has 1 aromatic carbocycles. The summed E-state index contributed by atoms with van der Waals surface area (Å²) in [5, 5.41) is 6.15. The number of fused-ring (bicyclic) bond motifs is 1. The van der Waals surface area contributed by atoms with Gasteiger partial charge in [0.2, 0.25) is 5.95 Å². The SMILES string of the molecule is Fc1ccccc1Nc1ncc2c(n1)CNCC2. The molecule has 92 valence electrons. The van der Waals surface area contributed by atoms with E-state index >= 15 is 0 Å². The van der Waals surface area contributed by atoms with E-state index in [1.807, 2.05) is 6.20 Å². The zero-order valence-electron chi connectivity index (χ0n) is 9.78. The van der Waals surface area contributed by atoms with E-state index in [1.54, 1.807) is 18.2 Å². The monoisotopic (exact) mass is 244 g/mol. The van der Waals surface area contributed by atoms with Crippen LogP contribution < -0.4 is 10.6 Å². The van der Waals surface area contributed by atoms with Crippen LogP contribution in [0.25, 0.3) is 0 Å². The Balaban J connectivity index is 1.87. The van der Waals surface area contributed by atoms with Crippen LogP contribution in [-0.4, -0.2) is 16.5 Å². The van der Waals surface area contributed by atoms with E-state index in [0.717, 1.165) is 30.8 Å². The van der Waals surface area contributed by atoms with E-state index in [1.165, 1.54) is 6.07 Å². The average molecular weight is 244 g/mol. The molecule has 2 heterocycles. The maximum absolute atomic E-state index is 13.5. The van der Waals surface area contributed by atoms with Crippen molar-refractivity contribution >= 4 is 11.6 Å². The smallest absolute Gasteiger partial charge is 0.227 e. The van der Waals surface area contributed by atoms with Crippen molar-refractivity contribution in [2.75, 3.05) is 11.9 Å². The van der Waals surface area contributed by atoms with Crippen LogP contribution in [0, 0.1) is 5.82 Å². The molecule has 1 aromatic heterocycles. The first-order chi connectivity index (χ1) is 8.83. The molecule has 0 radical (unpaired) electrons. The first kappa shape index (κ1) is 11.1. The van der Waals surface area contributed by atoms with Crippen molar-refractivity contribution in [3.63, 3.8) is 0 Å². The molecule has 1 aliphatic heterocycles. The van der Waals surface area contributed by atoms with Gasteiger partial charge >= 0.3 is 0 Å². The third-order valence-electron chi connectivity index (χ3n) is 2.94. The molecular weight excluding hydrogens is 231 g/mol. The predicted molar refractivity (Wildman–Crippen MR) is 67.1 cm³/mol. The van der Waals surface area contributed by atoms with Gasteiger partial charge in [0.25, 0.3) is 0 Å². The highest BCUT2D eigenvalue weighted by Crippen LogP contribution is 2.18.